The molecule has 1 aliphatic heterocycles. The van der Waals surface area contributed by atoms with E-state index in [1.807, 2.05) is 6.08 Å². The molecule has 19 heavy (non-hydrogen) atoms. The van der Waals surface area contributed by atoms with Crippen molar-refractivity contribution in [3.63, 3.8) is 0 Å². The molecule has 0 unspecified atom stereocenters. The number of anilines is 2. The Morgan fingerprint density at radius 2 is 1.84 bits per heavy atom. The van der Waals surface area contributed by atoms with Gasteiger partial charge in [0.1, 0.15) is 0 Å². The van der Waals surface area contributed by atoms with Crippen molar-refractivity contribution in [1.82, 2.24) is 0 Å². The molecular formula is C17H18N2. The zero-order chi connectivity index (χ0) is 13.1. The van der Waals surface area contributed by atoms with Crippen LogP contribution in [0.5, 0.6) is 0 Å². The molecule has 2 aromatic carbocycles. The van der Waals surface area contributed by atoms with Crippen LogP contribution in [0.15, 0.2) is 67.3 Å². The SMILES string of the molecule is C=CCN1C[C@H](c2ccccc2)Nc2ccccc21. The van der Waals surface area contributed by atoms with E-state index < -0.39 is 0 Å². The lowest BCUT2D eigenvalue weighted by molar-refractivity contribution is 0.706. The number of benzene rings is 2. The Kier molecular flexibility index (Phi) is 3.23. The quantitative estimate of drug-likeness (QED) is 0.832. The van der Waals surface area contributed by atoms with Gasteiger partial charge in [-0.2, -0.15) is 0 Å². The molecule has 2 heteroatoms. The van der Waals surface area contributed by atoms with E-state index in [1.165, 1.54) is 16.9 Å². The highest BCUT2D eigenvalue weighted by Crippen LogP contribution is 2.35. The van der Waals surface area contributed by atoms with Crippen molar-refractivity contribution in [1.29, 1.82) is 0 Å². The fourth-order valence-corrected chi connectivity index (χ4v) is 2.63. The van der Waals surface area contributed by atoms with Crippen LogP contribution in [-0.4, -0.2) is 13.1 Å². The van der Waals surface area contributed by atoms with E-state index in [0.29, 0.717) is 6.04 Å². The van der Waals surface area contributed by atoms with E-state index in [0.717, 1.165) is 13.1 Å². The first-order chi connectivity index (χ1) is 9.38. The lowest BCUT2D eigenvalue weighted by Crippen LogP contribution is -2.36. The van der Waals surface area contributed by atoms with Crippen molar-refractivity contribution in [3.05, 3.63) is 72.8 Å². The first kappa shape index (κ1) is 11.8. The van der Waals surface area contributed by atoms with Crippen molar-refractivity contribution < 1.29 is 0 Å². The first-order valence-electron chi connectivity index (χ1n) is 6.65. The van der Waals surface area contributed by atoms with Gasteiger partial charge in [-0.05, 0) is 17.7 Å². The largest absolute Gasteiger partial charge is 0.375 e. The van der Waals surface area contributed by atoms with Crippen molar-refractivity contribution in [2.75, 3.05) is 23.3 Å². The predicted molar refractivity (Wildman–Crippen MR) is 81.7 cm³/mol. The Bertz CT molecular complexity index is 562. The molecule has 2 nitrogen and oxygen atoms in total. The van der Waals surface area contributed by atoms with Gasteiger partial charge in [0.05, 0.1) is 17.4 Å². The highest BCUT2D eigenvalue weighted by molar-refractivity contribution is 5.73. The number of hydrogen-bond acceptors (Lipinski definition) is 2. The average Bonchev–Trinajstić information content (AvgIpc) is 2.48. The van der Waals surface area contributed by atoms with E-state index in [-0.39, 0.29) is 0 Å². The summed E-state index contributed by atoms with van der Waals surface area (Å²) in [6.45, 7) is 5.71. The third kappa shape index (κ3) is 2.34. The summed E-state index contributed by atoms with van der Waals surface area (Å²) in [6.07, 6.45) is 1.96. The molecule has 0 spiro atoms. The standard InChI is InChI=1S/C17H18N2/c1-2-12-19-13-16(14-8-4-3-5-9-14)18-15-10-6-7-11-17(15)19/h2-11,16,18H,1,12-13H2/t16-/m1/s1. The van der Waals surface area contributed by atoms with Crippen LogP contribution in [0.2, 0.25) is 0 Å². The van der Waals surface area contributed by atoms with Crippen LogP contribution >= 0.6 is 0 Å². The predicted octanol–water partition coefficient (Wildman–Crippen LogP) is 3.85. The second-order valence-corrected chi connectivity index (χ2v) is 4.82. The Morgan fingerprint density at radius 3 is 2.63 bits per heavy atom. The molecule has 0 aromatic heterocycles. The second-order valence-electron chi connectivity index (χ2n) is 4.82. The normalized spacial score (nSPS) is 17.5. The van der Waals surface area contributed by atoms with Crippen LogP contribution in [0.3, 0.4) is 0 Å². The van der Waals surface area contributed by atoms with Gasteiger partial charge in [-0.1, -0.05) is 48.5 Å². The summed E-state index contributed by atoms with van der Waals surface area (Å²) in [5, 5.41) is 3.63. The van der Waals surface area contributed by atoms with Gasteiger partial charge >= 0.3 is 0 Å². The third-order valence-electron chi connectivity index (χ3n) is 3.53. The van der Waals surface area contributed by atoms with Gasteiger partial charge in [-0.25, -0.2) is 0 Å². The van der Waals surface area contributed by atoms with Crippen LogP contribution in [0, 0.1) is 0 Å². The summed E-state index contributed by atoms with van der Waals surface area (Å²) < 4.78 is 0. The van der Waals surface area contributed by atoms with Crippen LogP contribution in [-0.2, 0) is 0 Å². The molecular weight excluding hydrogens is 232 g/mol. The van der Waals surface area contributed by atoms with E-state index in [2.05, 4.69) is 71.4 Å². The fourth-order valence-electron chi connectivity index (χ4n) is 2.63. The molecule has 2 aromatic rings. The van der Waals surface area contributed by atoms with Gasteiger partial charge in [0.2, 0.25) is 0 Å². The minimum absolute atomic E-state index is 0.330. The van der Waals surface area contributed by atoms with Crippen LogP contribution < -0.4 is 10.2 Å². The van der Waals surface area contributed by atoms with Gasteiger partial charge < -0.3 is 10.2 Å². The molecule has 0 bridgehead atoms. The highest BCUT2D eigenvalue weighted by atomic mass is 15.2. The molecule has 0 saturated carbocycles. The highest BCUT2D eigenvalue weighted by Gasteiger charge is 2.23. The van der Waals surface area contributed by atoms with Gasteiger partial charge in [0.25, 0.3) is 0 Å². The fraction of sp³-hybridized carbons (Fsp3) is 0.176. The van der Waals surface area contributed by atoms with Gasteiger partial charge in [0.15, 0.2) is 0 Å². The molecule has 1 heterocycles. The minimum atomic E-state index is 0.330. The monoisotopic (exact) mass is 250 g/mol. The van der Waals surface area contributed by atoms with Crippen LogP contribution in [0.1, 0.15) is 11.6 Å². The maximum atomic E-state index is 3.86. The minimum Gasteiger partial charge on any atom is -0.375 e. The molecule has 1 N–H and O–H groups in total. The molecule has 1 aliphatic rings. The third-order valence-corrected chi connectivity index (χ3v) is 3.53. The number of para-hydroxylation sites is 2. The molecule has 0 radical (unpaired) electrons. The number of fused-ring (bicyclic) bond motifs is 1. The lowest BCUT2D eigenvalue weighted by Gasteiger charge is -2.37. The first-order valence-corrected chi connectivity index (χ1v) is 6.65. The molecule has 0 saturated heterocycles. The summed E-state index contributed by atoms with van der Waals surface area (Å²) in [4.78, 5) is 2.37. The number of hydrogen-bond donors (Lipinski definition) is 1. The van der Waals surface area contributed by atoms with E-state index in [9.17, 15) is 0 Å². The smallest absolute Gasteiger partial charge is 0.0689 e. The van der Waals surface area contributed by atoms with Gasteiger partial charge in [-0.3, -0.25) is 0 Å². The lowest BCUT2D eigenvalue weighted by atomic mass is 10.0. The molecule has 96 valence electrons. The summed E-state index contributed by atoms with van der Waals surface area (Å²) >= 11 is 0. The topological polar surface area (TPSA) is 15.3 Å². The Hall–Kier alpha value is -2.22. The zero-order valence-corrected chi connectivity index (χ0v) is 10.9. The van der Waals surface area contributed by atoms with Gasteiger partial charge in [-0.15, -0.1) is 6.58 Å². The average molecular weight is 250 g/mol. The van der Waals surface area contributed by atoms with Crippen molar-refractivity contribution in [2.24, 2.45) is 0 Å². The maximum Gasteiger partial charge on any atom is 0.0689 e. The summed E-state index contributed by atoms with van der Waals surface area (Å²) in [6, 6.07) is 19.4. The Morgan fingerprint density at radius 1 is 1.11 bits per heavy atom. The van der Waals surface area contributed by atoms with Crippen LogP contribution in [0.4, 0.5) is 11.4 Å². The molecule has 0 aliphatic carbocycles. The van der Waals surface area contributed by atoms with Crippen molar-refractivity contribution in [3.8, 4) is 0 Å². The van der Waals surface area contributed by atoms with Crippen molar-refractivity contribution in [2.45, 2.75) is 6.04 Å². The molecule has 0 fully saturated rings. The zero-order valence-electron chi connectivity index (χ0n) is 10.9. The summed E-state index contributed by atoms with van der Waals surface area (Å²) in [5.74, 6) is 0. The maximum absolute atomic E-state index is 3.86. The second kappa shape index (κ2) is 5.19. The molecule has 3 rings (SSSR count). The Labute approximate surface area is 114 Å². The van der Waals surface area contributed by atoms with Gasteiger partial charge in [0, 0.05) is 13.1 Å². The molecule has 1 atom stereocenters. The summed E-state index contributed by atoms with van der Waals surface area (Å²) in [7, 11) is 0. The van der Waals surface area contributed by atoms with Crippen LogP contribution in [0.25, 0.3) is 0 Å². The van der Waals surface area contributed by atoms with Crippen molar-refractivity contribution >= 4 is 11.4 Å². The number of rotatable bonds is 3. The van der Waals surface area contributed by atoms with E-state index in [1.54, 1.807) is 0 Å². The summed E-state index contributed by atoms with van der Waals surface area (Å²) in [5.41, 5.74) is 3.78. The number of nitrogens with zero attached hydrogens (tertiary/aromatic N) is 1. The van der Waals surface area contributed by atoms with E-state index >= 15 is 0 Å². The Balaban J connectivity index is 1.94. The number of nitrogens with one attached hydrogen (secondary N) is 1. The molecule has 0 amide bonds. The van der Waals surface area contributed by atoms with E-state index in [4.69, 9.17) is 0 Å².